The lowest BCUT2D eigenvalue weighted by Crippen LogP contribution is -2.49. The third kappa shape index (κ3) is 6.90. The van der Waals surface area contributed by atoms with Gasteiger partial charge in [-0.3, -0.25) is 14.5 Å². The van der Waals surface area contributed by atoms with Gasteiger partial charge in [0.25, 0.3) is 5.91 Å². The molecule has 0 atom stereocenters. The van der Waals surface area contributed by atoms with E-state index in [2.05, 4.69) is 15.2 Å². The number of halogens is 1. The second-order valence-electron chi connectivity index (χ2n) is 10.1. The Balaban J connectivity index is 1.25. The molecule has 2 aliphatic rings. The summed E-state index contributed by atoms with van der Waals surface area (Å²) >= 11 is 6.15. The molecule has 0 bridgehead atoms. The summed E-state index contributed by atoms with van der Waals surface area (Å²) in [5.74, 6) is 0.276. The molecule has 2 aliphatic heterocycles. The Kier molecular flexibility index (Phi) is 8.19. The van der Waals surface area contributed by atoms with Gasteiger partial charge in [-0.05, 0) is 32.9 Å². The minimum atomic E-state index is -0.507. The Labute approximate surface area is 221 Å². The van der Waals surface area contributed by atoms with E-state index in [1.807, 2.05) is 31.4 Å². The van der Waals surface area contributed by atoms with E-state index in [0.717, 1.165) is 13.1 Å². The third-order valence-electron chi connectivity index (χ3n) is 6.18. The molecule has 10 nitrogen and oxygen atoms in total. The van der Waals surface area contributed by atoms with Gasteiger partial charge >= 0.3 is 6.09 Å². The number of imidazole rings is 1. The van der Waals surface area contributed by atoms with Crippen LogP contribution in [-0.2, 0) is 22.6 Å². The maximum Gasteiger partial charge on any atom is 0.410 e. The number of aromatic nitrogens is 2. The maximum absolute atomic E-state index is 12.8. The molecule has 0 radical (unpaired) electrons. The molecule has 1 saturated heterocycles. The number of piperazine rings is 1. The predicted octanol–water partition coefficient (Wildman–Crippen LogP) is 3.24. The van der Waals surface area contributed by atoms with Crippen LogP contribution in [0, 0.1) is 0 Å². The van der Waals surface area contributed by atoms with Gasteiger partial charge in [0, 0.05) is 51.9 Å². The molecule has 3 heterocycles. The molecular formula is C26H33ClN6O4. The molecule has 1 aromatic carbocycles. The van der Waals surface area contributed by atoms with Crippen molar-refractivity contribution in [1.82, 2.24) is 24.3 Å². The first-order valence-electron chi connectivity index (χ1n) is 12.4. The van der Waals surface area contributed by atoms with E-state index >= 15 is 0 Å². The summed E-state index contributed by atoms with van der Waals surface area (Å²) in [4.78, 5) is 47.7. The fraction of sp³-hybridized carbons (Fsp3) is 0.462. The van der Waals surface area contributed by atoms with Crippen LogP contribution in [0.25, 0.3) is 0 Å². The summed E-state index contributed by atoms with van der Waals surface area (Å²) in [7, 11) is 0. The molecule has 3 amide bonds. The molecule has 1 N–H and O–H groups in total. The molecule has 1 aromatic heterocycles. The number of anilines is 1. The number of ether oxygens (including phenoxy) is 1. The number of carbonyl (C=O) groups excluding carboxylic acids is 3. The number of para-hydroxylation sites is 1. The monoisotopic (exact) mass is 528 g/mol. The first-order chi connectivity index (χ1) is 17.6. The second-order valence-corrected chi connectivity index (χ2v) is 10.5. The molecule has 0 aliphatic carbocycles. The van der Waals surface area contributed by atoms with Crippen LogP contribution in [0.2, 0.25) is 5.02 Å². The van der Waals surface area contributed by atoms with Crippen molar-refractivity contribution in [2.45, 2.75) is 39.5 Å². The number of amides is 3. The van der Waals surface area contributed by atoms with Gasteiger partial charge in [-0.25, -0.2) is 9.78 Å². The van der Waals surface area contributed by atoms with E-state index in [-0.39, 0.29) is 17.9 Å². The first kappa shape index (κ1) is 26.7. The van der Waals surface area contributed by atoms with Crippen molar-refractivity contribution in [2.24, 2.45) is 0 Å². The van der Waals surface area contributed by atoms with Gasteiger partial charge in [0.1, 0.15) is 17.1 Å². The van der Waals surface area contributed by atoms with Crippen molar-refractivity contribution in [3.8, 4) is 0 Å². The summed E-state index contributed by atoms with van der Waals surface area (Å²) in [6, 6.07) is 7.05. The largest absolute Gasteiger partial charge is 0.444 e. The highest BCUT2D eigenvalue weighted by molar-refractivity contribution is 6.33. The molecule has 37 heavy (non-hydrogen) atoms. The molecule has 0 unspecified atom stereocenters. The number of nitrogens with zero attached hydrogens (tertiary/aromatic N) is 5. The zero-order valence-corrected chi connectivity index (χ0v) is 22.2. The van der Waals surface area contributed by atoms with Crippen LogP contribution in [0.3, 0.4) is 0 Å². The number of hydrogen-bond acceptors (Lipinski definition) is 6. The summed E-state index contributed by atoms with van der Waals surface area (Å²) in [6.07, 6.45) is 4.69. The van der Waals surface area contributed by atoms with Gasteiger partial charge in [-0.2, -0.15) is 0 Å². The number of carbonyl (C=O) groups is 3. The zero-order valence-electron chi connectivity index (χ0n) is 21.4. The Hall–Kier alpha value is -3.37. The minimum Gasteiger partial charge on any atom is -0.444 e. The Bertz CT molecular complexity index is 1180. The second kappa shape index (κ2) is 11.4. The van der Waals surface area contributed by atoms with Crippen molar-refractivity contribution in [3.05, 3.63) is 59.2 Å². The molecule has 11 heteroatoms. The summed E-state index contributed by atoms with van der Waals surface area (Å²) in [5, 5.41) is 3.28. The number of rotatable bonds is 5. The quantitative estimate of drug-likeness (QED) is 0.598. The molecule has 1 fully saturated rings. The van der Waals surface area contributed by atoms with Crippen molar-refractivity contribution in [2.75, 3.05) is 44.6 Å². The Morgan fingerprint density at radius 1 is 1.05 bits per heavy atom. The van der Waals surface area contributed by atoms with Crippen molar-refractivity contribution in [1.29, 1.82) is 0 Å². The average molecular weight is 529 g/mol. The number of hydrogen-bond donors (Lipinski definition) is 1. The maximum atomic E-state index is 12.8. The van der Waals surface area contributed by atoms with Crippen LogP contribution in [0.1, 0.15) is 37.1 Å². The van der Waals surface area contributed by atoms with Crippen LogP contribution in [0.5, 0.6) is 0 Å². The smallest absolute Gasteiger partial charge is 0.410 e. The first-order valence-corrected chi connectivity index (χ1v) is 12.7. The van der Waals surface area contributed by atoms with Gasteiger partial charge in [0.2, 0.25) is 5.91 Å². The average Bonchev–Trinajstić information content (AvgIpc) is 3.28. The summed E-state index contributed by atoms with van der Waals surface area (Å²) in [6.45, 7) is 10.1. The van der Waals surface area contributed by atoms with Gasteiger partial charge < -0.3 is 24.4 Å². The van der Waals surface area contributed by atoms with Crippen LogP contribution in [-0.4, -0.2) is 87.0 Å². The van der Waals surface area contributed by atoms with E-state index in [1.165, 1.54) is 6.20 Å². The van der Waals surface area contributed by atoms with Gasteiger partial charge in [-0.1, -0.05) is 29.8 Å². The third-order valence-corrected chi connectivity index (χ3v) is 6.51. The van der Waals surface area contributed by atoms with Gasteiger partial charge in [0.15, 0.2) is 0 Å². The van der Waals surface area contributed by atoms with Gasteiger partial charge in [-0.15, -0.1) is 0 Å². The molecule has 0 saturated carbocycles. The standard InChI is InChI=1S/C26H33ClN6O4/c1-26(2,3)37-25(36)31-13-11-30(12-14-31)10-6-9-23(34)32-15-16-33-21(17-28-22(33)18-32)24(35)29-20-8-5-4-7-19(20)27/h4-9,17H,10-16,18H2,1-3H3,(H,29,35)/b9-6+. The van der Waals surface area contributed by atoms with Crippen LogP contribution >= 0.6 is 11.6 Å². The lowest BCUT2D eigenvalue weighted by molar-refractivity contribution is -0.127. The highest BCUT2D eigenvalue weighted by atomic mass is 35.5. The predicted molar refractivity (Wildman–Crippen MR) is 140 cm³/mol. The molecule has 198 valence electrons. The lowest BCUT2D eigenvalue weighted by Gasteiger charge is -2.35. The Morgan fingerprint density at radius 3 is 2.46 bits per heavy atom. The van der Waals surface area contributed by atoms with Crippen molar-refractivity contribution < 1.29 is 19.1 Å². The highest BCUT2D eigenvalue weighted by Gasteiger charge is 2.27. The van der Waals surface area contributed by atoms with Crippen molar-refractivity contribution >= 4 is 35.2 Å². The molecule has 0 spiro atoms. The minimum absolute atomic E-state index is 0.0938. The van der Waals surface area contributed by atoms with Crippen LogP contribution in [0.4, 0.5) is 10.5 Å². The number of fused-ring (bicyclic) bond motifs is 1. The number of nitrogens with one attached hydrogen (secondary N) is 1. The highest BCUT2D eigenvalue weighted by Crippen LogP contribution is 2.22. The fourth-order valence-corrected chi connectivity index (χ4v) is 4.41. The van der Waals surface area contributed by atoms with Crippen molar-refractivity contribution in [3.63, 3.8) is 0 Å². The molecular weight excluding hydrogens is 496 g/mol. The summed E-state index contributed by atoms with van der Waals surface area (Å²) in [5.41, 5.74) is 0.463. The van der Waals surface area contributed by atoms with E-state index in [9.17, 15) is 14.4 Å². The summed E-state index contributed by atoms with van der Waals surface area (Å²) < 4.78 is 7.27. The van der Waals surface area contributed by atoms with E-state index in [1.54, 1.807) is 40.1 Å². The van der Waals surface area contributed by atoms with E-state index in [0.29, 0.717) is 61.5 Å². The zero-order chi connectivity index (χ0) is 26.6. The lowest BCUT2D eigenvalue weighted by atomic mass is 10.2. The SMILES string of the molecule is CC(C)(C)OC(=O)N1CCN(C/C=C/C(=O)N2CCn3c(C(=O)Nc4ccccc4Cl)cnc3C2)CC1. The Morgan fingerprint density at radius 2 is 1.76 bits per heavy atom. The van der Waals surface area contributed by atoms with Crippen LogP contribution < -0.4 is 5.32 Å². The topological polar surface area (TPSA) is 100 Å². The molecule has 2 aromatic rings. The normalized spacial score (nSPS) is 16.5. The van der Waals surface area contributed by atoms with E-state index < -0.39 is 5.60 Å². The van der Waals surface area contributed by atoms with Gasteiger partial charge in [0.05, 0.1) is 23.5 Å². The van der Waals surface area contributed by atoms with E-state index in [4.69, 9.17) is 16.3 Å². The molecule has 4 rings (SSSR count). The fourth-order valence-electron chi connectivity index (χ4n) is 4.23. The number of benzene rings is 1. The van der Waals surface area contributed by atoms with Crippen LogP contribution in [0.15, 0.2) is 42.6 Å².